The van der Waals surface area contributed by atoms with Crippen LogP contribution >= 0.6 is 11.8 Å². The summed E-state index contributed by atoms with van der Waals surface area (Å²) in [5.74, 6) is 3.08. The van der Waals surface area contributed by atoms with Gasteiger partial charge in [0.15, 0.2) is 5.82 Å². The SMILES string of the molecule is CCSCc1noc(/C=C/c2cccc(N)c2)n1. The number of nitrogen functional groups attached to an aromatic ring is 1. The molecule has 94 valence electrons. The molecule has 5 heteroatoms. The van der Waals surface area contributed by atoms with Crippen molar-refractivity contribution in [2.75, 3.05) is 11.5 Å². The molecule has 2 rings (SSSR count). The van der Waals surface area contributed by atoms with E-state index in [1.54, 1.807) is 17.8 Å². The second-order valence-corrected chi connectivity index (χ2v) is 4.96. The third kappa shape index (κ3) is 3.63. The molecular weight excluding hydrogens is 246 g/mol. The van der Waals surface area contributed by atoms with Crippen LogP contribution in [0.15, 0.2) is 28.8 Å². The Morgan fingerprint density at radius 3 is 3.06 bits per heavy atom. The van der Waals surface area contributed by atoms with Crippen LogP contribution in [0.1, 0.15) is 24.2 Å². The Bertz CT molecular complexity index is 537. The maximum absolute atomic E-state index is 5.70. The van der Waals surface area contributed by atoms with Crippen molar-refractivity contribution in [2.24, 2.45) is 0 Å². The third-order valence-corrected chi connectivity index (χ3v) is 3.12. The van der Waals surface area contributed by atoms with Crippen molar-refractivity contribution in [3.63, 3.8) is 0 Å². The van der Waals surface area contributed by atoms with E-state index in [4.69, 9.17) is 10.3 Å². The fourth-order valence-electron chi connectivity index (χ4n) is 1.42. The molecule has 0 saturated carbocycles. The van der Waals surface area contributed by atoms with Crippen molar-refractivity contribution in [3.8, 4) is 0 Å². The first-order chi connectivity index (χ1) is 8.78. The molecule has 0 amide bonds. The average Bonchev–Trinajstić information content (AvgIpc) is 2.82. The number of thioether (sulfide) groups is 1. The van der Waals surface area contributed by atoms with Gasteiger partial charge >= 0.3 is 0 Å². The molecule has 0 saturated heterocycles. The predicted molar refractivity (Wildman–Crippen MR) is 75.9 cm³/mol. The van der Waals surface area contributed by atoms with E-state index in [-0.39, 0.29) is 0 Å². The Balaban J connectivity index is 2.02. The molecule has 0 aliphatic heterocycles. The number of benzene rings is 1. The highest BCUT2D eigenvalue weighted by atomic mass is 32.2. The van der Waals surface area contributed by atoms with E-state index < -0.39 is 0 Å². The highest BCUT2D eigenvalue weighted by Gasteiger charge is 2.02. The lowest BCUT2D eigenvalue weighted by Crippen LogP contribution is -1.84. The Hall–Kier alpha value is -1.75. The maximum Gasteiger partial charge on any atom is 0.250 e. The number of nitrogens with two attached hydrogens (primary N) is 1. The van der Waals surface area contributed by atoms with Gasteiger partial charge in [-0.3, -0.25) is 0 Å². The number of hydrogen-bond donors (Lipinski definition) is 1. The van der Waals surface area contributed by atoms with E-state index >= 15 is 0 Å². The van der Waals surface area contributed by atoms with E-state index in [1.165, 1.54) is 0 Å². The normalized spacial score (nSPS) is 11.2. The van der Waals surface area contributed by atoms with Crippen LogP contribution in [0, 0.1) is 0 Å². The molecule has 1 aromatic carbocycles. The molecule has 2 N–H and O–H groups in total. The van der Waals surface area contributed by atoms with Gasteiger partial charge < -0.3 is 10.3 Å². The van der Waals surface area contributed by atoms with Gasteiger partial charge in [0.2, 0.25) is 0 Å². The highest BCUT2D eigenvalue weighted by Crippen LogP contribution is 2.12. The molecule has 0 radical (unpaired) electrons. The Kier molecular flexibility index (Phi) is 4.41. The first kappa shape index (κ1) is 12.7. The summed E-state index contributed by atoms with van der Waals surface area (Å²) in [6, 6.07) is 7.62. The molecule has 0 unspecified atom stereocenters. The van der Waals surface area contributed by atoms with Crippen LogP contribution in [0.5, 0.6) is 0 Å². The monoisotopic (exact) mass is 261 g/mol. The van der Waals surface area contributed by atoms with Gasteiger partial charge in [-0.05, 0) is 29.5 Å². The van der Waals surface area contributed by atoms with Crippen molar-refractivity contribution in [1.29, 1.82) is 0 Å². The molecule has 18 heavy (non-hydrogen) atoms. The highest BCUT2D eigenvalue weighted by molar-refractivity contribution is 7.98. The zero-order valence-corrected chi connectivity index (χ0v) is 11.0. The molecule has 4 nitrogen and oxygen atoms in total. The first-order valence-corrected chi connectivity index (χ1v) is 6.87. The lowest BCUT2D eigenvalue weighted by atomic mass is 10.2. The van der Waals surface area contributed by atoms with Crippen molar-refractivity contribution < 1.29 is 4.52 Å². The molecule has 0 fully saturated rings. The van der Waals surface area contributed by atoms with E-state index in [0.29, 0.717) is 5.89 Å². The zero-order valence-electron chi connectivity index (χ0n) is 10.2. The Morgan fingerprint density at radius 2 is 2.28 bits per heavy atom. The van der Waals surface area contributed by atoms with Gasteiger partial charge in [0.05, 0.1) is 5.75 Å². The summed E-state index contributed by atoms with van der Waals surface area (Å²) in [5.41, 5.74) is 7.45. The second kappa shape index (κ2) is 6.26. The Morgan fingerprint density at radius 1 is 1.39 bits per heavy atom. The van der Waals surface area contributed by atoms with Gasteiger partial charge in [-0.1, -0.05) is 24.2 Å². The second-order valence-electron chi connectivity index (χ2n) is 3.69. The van der Waals surface area contributed by atoms with Crippen molar-refractivity contribution >= 4 is 29.6 Å². The number of rotatable bonds is 5. The fourth-order valence-corrected chi connectivity index (χ4v) is 1.92. The molecular formula is C13H15N3OS. The lowest BCUT2D eigenvalue weighted by molar-refractivity contribution is 0.405. The van der Waals surface area contributed by atoms with Gasteiger partial charge in [0.1, 0.15) is 0 Å². The lowest BCUT2D eigenvalue weighted by Gasteiger charge is -1.94. The minimum Gasteiger partial charge on any atom is -0.399 e. The van der Waals surface area contributed by atoms with Crippen LogP contribution in [0.4, 0.5) is 5.69 Å². The van der Waals surface area contributed by atoms with Crippen LogP contribution < -0.4 is 5.73 Å². The van der Waals surface area contributed by atoms with Crippen LogP contribution in [-0.4, -0.2) is 15.9 Å². The number of aromatic nitrogens is 2. The quantitative estimate of drug-likeness (QED) is 0.838. The Labute approximate surface area is 110 Å². The van der Waals surface area contributed by atoms with E-state index in [0.717, 1.165) is 28.6 Å². The van der Waals surface area contributed by atoms with Gasteiger partial charge in [-0.25, -0.2) is 0 Å². The van der Waals surface area contributed by atoms with Gasteiger partial charge in [-0.2, -0.15) is 16.7 Å². The van der Waals surface area contributed by atoms with Crippen LogP contribution in [0.2, 0.25) is 0 Å². The molecule has 0 bridgehead atoms. The number of hydrogen-bond acceptors (Lipinski definition) is 5. The topological polar surface area (TPSA) is 64.9 Å². The summed E-state index contributed by atoms with van der Waals surface area (Å²) in [6.07, 6.45) is 3.70. The van der Waals surface area contributed by atoms with Crippen LogP contribution in [-0.2, 0) is 5.75 Å². The minimum atomic E-state index is 0.518. The molecule has 0 atom stereocenters. The molecule has 1 aromatic heterocycles. The summed E-state index contributed by atoms with van der Waals surface area (Å²) in [4.78, 5) is 4.27. The predicted octanol–water partition coefficient (Wildman–Crippen LogP) is 3.08. The molecule has 2 aromatic rings. The standard InChI is InChI=1S/C13H15N3OS/c1-2-18-9-12-15-13(17-16-12)7-6-10-4-3-5-11(14)8-10/h3-8H,2,9,14H2,1H3/b7-6+. The summed E-state index contributed by atoms with van der Waals surface area (Å²) in [5, 5.41) is 3.90. The van der Waals surface area contributed by atoms with E-state index in [9.17, 15) is 0 Å². The summed E-state index contributed by atoms with van der Waals surface area (Å²) in [6.45, 7) is 2.10. The summed E-state index contributed by atoms with van der Waals surface area (Å²) < 4.78 is 5.12. The van der Waals surface area contributed by atoms with Crippen LogP contribution in [0.3, 0.4) is 0 Å². The fraction of sp³-hybridized carbons (Fsp3) is 0.231. The smallest absolute Gasteiger partial charge is 0.250 e. The average molecular weight is 261 g/mol. The van der Waals surface area contributed by atoms with Gasteiger partial charge in [-0.15, -0.1) is 0 Å². The van der Waals surface area contributed by atoms with Crippen molar-refractivity contribution in [3.05, 3.63) is 41.5 Å². The van der Waals surface area contributed by atoms with Crippen molar-refractivity contribution in [2.45, 2.75) is 12.7 Å². The van der Waals surface area contributed by atoms with Crippen molar-refractivity contribution in [1.82, 2.24) is 10.1 Å². The van der Waals surface area contributed by atoms with E-state index in [2.05, 4.69) is 17.1 Å². The van der Waals surface area contributed by atoms with Gasteiger partial charge in [0, 0.05) is 11.8 Å². The van der Waals surface area contributed by atoms with E-state index in [1.807, 2.05) is 30.3 Å². The molecule has 0 spiro atoms. The first-order valence-electron chi connectivity index (χ1n) is 5.72. The summed E-state index contributed by atoms with van der Waals surface area (Å²) in [7, 11) is 0. The summed E-state index contributed by atoms with van der Waals surface area (Å²) >= 11 is 1.77. The molecule has 0 aliphatic carbocycles. The maximum atomic E-state index is 5.70. The third-order valence-electron chi connectivity index (χ3n) is 2.25. The molecule has 0 aliphatic rings. The largest absolute Gasteiger partial charge is 0.399 e. The minimum absolute atomic E-state index is 0.518. The van der Waals surface area contributed by atoms with Gasteiger partial charge in [0.25, 0.3) is 5.89 Å². The zero-order chi connectivity index (χ0) is 12.8. The van der Waals surface area contributed by atoms with Crippen LogP contribution in [0.25, 0.3) is 12.2 Å². The number of anilines is 1. The number of nitrogens with zero attached hydrogens (tertiary/aromatic N) is 2. The molecule has 1 heterocycles.